The van der Waals surface area contributed by atoms with Gasteiger partial charge in [-0.1, -0.05) is 6.07 Å². The van der Waals surface area contributed by atoms with Crippen molar-refractivity contribution in [3.63, 3.8) is 0 Å². The van der Waals surface area contributed by atoms with Crippen molar-refractivity contribution in [1.29, 1.82) is 0 Å². The third-order valence-electron chi connectivity index (χ3n) is 3.63. The molecule has 114 valence electrons. The summed E-state index contributed by atoms with van der Waals surface area (Å²) >= 11 is 0. The van der Waals surface area contributed by atoms with Crippen LogP contribution in [0.4, 0.5) is 0 Å². The molecule has 1 aromatic rings. The van der Waals surface area contributed by atoms with Gasteiger partial charge in [-0.25, -0.2) is 0 Å². The topological polar surface area (TPSA) is 70.1 Å². The highest BCUT2D eigenvalue weighted by molar-refractivity contribution is 5.92. The van der Waals surface area contributed by atoms with Gasteiger partial charge in [0.25, 0.3) is 0 Å². The van der Waals surface area contributed by atoms with E-state index in [0.29, 0.717) is 12.3 Å². The fraction of sp³-hybridized carbons (Fsp3) is 0.467. The normalized spacial score (nSPS) is 17.1. The van der Waals surface area contributed by atoms with Crippen LogP contribution in [0.3, 0.4) is 0 Å². The lowest BCUT2D eigenvalue weighted by Gasteiger charge is -2.32. The molecule has 0 aliphatic carbocycles. The number of methoxy groups -OCH3 is 1. The number of ether oxygens (including phenoxy) is 1. The molecular formula is C15H20N2O4. The third-order valence-corrected chi connectivity index (χ3v) is 3.63. The maximum atomic E-state index is 12.0. The average Bonchev–Trinajstić information content (AvgIpc) is 2.44. The first-order valence-electron chi connectivity index (χ1n) is 6.79. The maximum Gasteiger partial charge on any atom is 0.242 e. The lowest BCUT2D eigenvalue weighted by atomic mass is 10.1. The van der Waals surface area contributed by atoms with E-state index in [4.69, 9.17) is 4.74 Å². The number of aliphatic hydroxyl groups excluding tert-OH is 1. The van der Waals surface area contributed by atoms with Gasteiger partial charge in [0.15, 0.2) is 0 Å². The number of carbonyl (C=O) groups is 2. The minimum absolute atomic E-state index is 0.0669. The minimum Gasteiger partial charge on any atom is -0.496 e. The first-order valence-corrected chi connectivity index (χ1v) is 6.79. The highest BCUT2D eigenvalue weighted by Gasteiger charge is 2.28. The van der Waals surface area contributed by atoms with Crippen LogP contribution in [0.1, 0.15) is 24.2 Å². The summed E-state index contributed by atoms with van der Waals surface area (Å²) in [7, 11) is 3.17. The summed E-state index contributed by atoms with van der Waals surface area (Å²) in [6.07, 6.45) is -0.598. The molecule has 2 amide bonds. The minimum atomic E-state index is -0.598. The number of carbonyl (C=O) groups excluding carboxylic acids is 2. The smallest absolute Gasteiger partial charge is 0.242 e. The van der Waals surface area contributed by atoms with E-state index in [0.717, 1.165) is 11.1 Å². The first kappa shape index (κ1) is 15.3. The Hall–Kier alpha value is -2.08. The summed E-state index contributed by atoms with van der Waals surface area (Å²) in [6, 6.07) is 5.35. The van der Waals surface area contributed by atoms with Gasteiger partial charge < -0.3 is 19.6 Å². The zero-order chi connectivity index (χ0) is 15.6. The summed E-state index contributed by atoms with van der Waals surface area (Å²) < 4.78 is 5.29. The molecule has 21 heavy (non-hydrogen) atoms. The van der Waals surface area contributed by atoms with Crippen LogP contribution in [0.2, 0.25) is 0 Å². The van der Waals surface area contributed by atoms with E-state index in [9.17, 15) is 14.7 Å². The zero-order valence-electron chi connectivity index (χ0n) is 12.5. The van der Waals surface area contributed by atoms with Gasteiger partial charge in [-0.3, -0.25) is 9.59 Å². The second-order valence-corrected chi connectivity index (χ2v) is 5.25. The second-order valence-electron chi connectivity index (χ2n) is 5.25. The van der Waals surface area contributed by atoms with Crippen molar-refractivity contribution in [2.75, 3.05) is 27.2 Å². The van der Waals surface area contributed by atoms with Crippen molar-refractivity contribution in [3.05, 3.63) is 29.3 Å². The Morgan fingerprint density at radius 1 is 1.29 bits per heavy atom. The summed E-state index contributed by atoms with van der Waals surface area (Å²) in [4.78, 5) is 26.7. The molecule has 1 aromatic carbocycles. The van der Waals surface area contributed by atoms with Crippen LogP contribution >= 0.6 is 0 Å². The van der Waals surface area contributed by atoms with Gasteiger partial charge in [-0.15, -0.1) is 0 Å². The molecule has 6 nitrogen and oxygen atoms in total. The van der Waals surface area contributed by atoms with E-state index in [1.165, 1.54) is 9.80 Å². The van der Waals surface area contributed by atoms with Gasteiger partial charge in [-0.2, -0.15) is 0 Å². The van der Waals surface area contributed by atoms with E-state index in [1.54, 1.807) is 39.3 Å². The molecule has 1 N–H and O–H groups in total. The number of likely N-dealkylation sites (N-methyl/N-ethyl adjacent to an activating group) is 1. The number of hydrogen-bond donors (Lipinski definition) is 1. The van der Waals surface area contributed by atoms with E-state index in [1.807, 2.05) is 0 Å². The molecule has 0 spiro atoms. The van der Waals surface area contributed by atoms with Crippen LogP contribution in [-0.4, -0.2) is 54.0 Å². The van der Waals surface area contributed by atoms with Crippen LogP contribution in [0.25, 0.3) is 0 Å². The van der Waals surface area contributed by atoms with Gasteiger partial charge in [0.2, 0.25) is 11.8 Å². The van der Waals surface area contributed by atoms with Crippen molar-refractivity contribution >= 4 is 11.8 Å². The average molecular weight is 292 g/mol. The van der Waals surface area contributed by atoms with Crippen molar-refractivity contribution in [3.8, 4) is 5.75 Å². The molecule has 0 radical (unpaired) electrons. The maximum absolute atomic E-state index is 12.0. The predicted octanol–water partition coefficient (Wildman–Crippen LogP) is 0.549. The van der Waals surface area contributed by atoms with Crippen LogP contribution in [0.15, 0.2) is 18.2 Å². The van der Waals surface area contributed by atoms with Gasteiger partial charge in [-0.05, 0) is 24.6 Å². The summed E-state index contributed by atoms with van der Waals surface area (Å²) in [5.74, 6) is 0.459. The van der Waals surface area contributed by atoms with Gasteiger partial charge >= 0.3 is 0 Å². The second kappa shape index (κ2) is 6.13. The molecule has 1 atom stereocenters. The summed E-state index contributed by atoms with van der Waals surface area (Å²) in [6.45, 7) is 2.13. The molecule has 0 saturated carbocycles. The SMILES string of the molecule is COc1ccc(C(C)O)cc1CN1CC(=O)N(C)CC1=O. The molecule has 1 unspecified atom stereocenters. The van der Waals surface area contributed by atoms with Crippen molar-refractivity contribution in [1.82, 2.24) is 9.80 Å². The van der Waals surface area contributed by atoms with E-state index in [-0.39, 0.29) is 24.9 Å². The monoisotopic (exact) mass is 292 g/mol. The molecule has 0 bridgehead atoms. The molecule has 1 aliphatic heterocycles. The molecule has 1 saturated heterocycles. The number of hydrogen-bond acceptors (Lipinski definition) is 4. The Morgan fingerprint density at radius 2 is 2.00 bits per heavy atom. The number of rotatable bonds is 4. The number of amides is 2. The number of aliphatic hydroxyl groups is 1. The van der Waals surface area contributed by atoms with Crippen molar-refractivity contribution in [2.45, 2.75) is 19.6 Å². The summed E-state index contributed by atoms with van der Waals surface area (Å²) in [5.41, 5.74) is 1.53. The molecule has 2 rings (SSSR count). The lowest BCUT2D eigenvalue weighted by molar-refractivity contribution is -0.149. The standard InChI is InChI=1S/C15H20N2O4/c1-10(18)11-4-5-13(21-3)12(6-11)7-17-9-14(19)16(2)8-15(17)20/h4-6,10,18H,7-9H2,1-3H3. The van der Waals surface area contributed by atoms with Gasteiger partial charge in [0.1, 0.15) is 12.3 Å². The van der Waals surface area contributed by atoms with E-state index in [2.05, 4.69) is 0 Å². The van der Waals surface area contributed by atoms with Crippen LogP contribution in [-0.2, 0) is 16.1 Å². The van der Waals surface area contributed by atoms with E-state index < -0.39 is 6.10 Å². The Kier molecular flexibility index (Phi) is 4.47. The zero-order valence-corrected chi connectivity index (χ0v) is 12.5. The fourth-order valence-corrected chi connectivity index (χ4v) is 2.29. The van der Waals surface area contributed by atoms with Gasteiger partial charge in [0.05, 0.1) is 19.8 Å². The Labute approximate surface area is 123 Å². The fourth-order valence-electron chi connectivity index (χ4n) is 2.29. The molecule has 1 aliphatic rings. The first-order chi connectivity index (χ1) is 9.92. The Bertz CT molecular complexity index is 557. The van der Waals surface area contributed by atoms with Crippen LogP contribution < -0.4 is 4.74 Å². The van der Waals surface area contributed by atoms with Crippen molar-refractivity contribution in [2.24, 2.45) is 0 Å². The summed E-state index contributed by atoms with van der Waals surface area (Å²) in [5, 5.41) is 9.66. The number of piperazine rings is 1. The van der Waals surface area contributed by atoms with Gasteiger partial charge in [0, 0.05) is 19.2 Å². The molecule has 1 heterocycles. The molecule has 1 fully saturated rings. The highest BCUT2D eigenvalue weighted by atomic mass is 16.5. The van der Waals surface area contributed by atoms with Crippen LogP contribution in [0.5, 0.6) is 5.75 Å². The Balaban J connectivity index is 2.23. The molecule has 0 aromatic heterocycles. The third kappa shape index (κ3) is 3.33. The highest BCUT2D eigenvalue weighted by Crippen LogP contribution is 2.25. The van der Waals surface area contributed by atoms with Crippen LogP contribution in [0, 0.1) is 0 Å². The number of nitrogens with zero attached hydrogens (tertiary/aromatic N) is 2. The Morgan fingerprint density at radius 3 is 2.62 bits per heavy atom. The molecular weight excluding hydrogens is 272 g/mol. The molecule has 6 heteroatoms. The van der Waals surface area contributed by atoms with Crippen molar-refractivity contribution < 1.29 is 19.4 Å². The lowest BCUT2D eigenvalue weighted by Crippen LogP contribution is -2.51. The predicted molar refractivity (Wildman–Crippen MR) is 76.7 cm³/mol. The quantitative estimate of drug-likeness (QED) is 0.880. The van der Waals surface area contributed by atoms with E-state index >= 15 is 0 Å². The number of benzene rings is 1. The largest absolute Gasteiger partial charge is 0.496 e.